The zero-order valence-corrected chi connectivity index (χ0v) is 19.3. The van der Waals surface area contributed by atoms with Gasteiger partial charge in [-0.25, -0.2) is 9.37 Å². The molecule has 1 aliphatic heterocycles. The number of carbonyl (C=O) groups is 1. The summed E-state index contributed by atoms with van der Waals surface area (Å²) >= 11 is 1.52. The average molecular weight is 478 g/mol. The molecule has 7 nitrogen and oxygen atoms in total. The normalized spacial score (nSPS) is 15.0. The zero-order valence-electron chi connectivity index (χ0n) is 18.5. The van der Waals surface area contributed by atoms with E-state index in [2.05, 4.69) is 20.1 Å². The van der Waals surface area contributed by atoms with Crippen LogP contribution >= 0.6 is 11.3 Å². The summed E-state index contributed by atoms with van der Waals surface area (Å²) < 4.78 is 13.3. The van der Waals surface area contributed by atoms with Crippen LogP contribution in [0.25, 0.3) is 20.7 Å². The molecule has 0 saturated carbocycles. The number of aromatic nitrogens is 2. The lowest BCUT2D eigenvalue weighted by Gasteiger charge is -2.33. The summed E-state index contributed by atoms with van der Waals surface area (Å²) in [5.41, 5.74) is 1.41. The third kappa shape index (κ3) is 5.22. The Hall–Kier alpha value is -3.40. The third-order valence-corrected chi connectivity index (χ3v) is 6.90. The molecule has 0 aliphatic carbocycles. The molecule has 0 unspecified atom stereocenters. The van der Waals surface area contributed by atoms with Crippen LogP contribution in [0.1, 0.15) is 5.82 Å². The molecule has 4 aromatic rings. The lowest BCUT2D eigenvalue weighted by atomic mass is 10.2. The van der Waals surface area contributed by atoms with Crippen LogP contribution in [-0.2, 0) is 11.3 Å². The maximum atomic E-state index is 13.3. The molecule has 1 saturated heterocycles. The minimum atomic E-state index is -0.380. The van der Waals surface area contributed by atoms with Gasteiger partial charge in [0, 0.05) is 36.7 Å². The van der Waals surface area contributed by atoms with Crippen LogP contribution in [0.15, 0.2) is 65.5 Å². The number of nitrogens with zero attached hydrogens (tertiary/aromatic N) is 3. The van der Waals surface area contributed by atoms with Crippen molar-refractivity contribution in [3.05, 3.63) is 82.7 Å². The number of fused-ring (bicyclic) bond motifs is 1. The predicted octanol–water partition coefficient (Wildman–Crippen LogP) is 3.55. The molecule has 2 aromatic carbocycles. The van der Waals surface area contributed by atoms with Crippen molar-refractivity contribution in [3.63, 3.8) is 0 Å². The molecule has 5 rings (SSSR count). The first-order valence-corrected chi connectivity index (χ1v) is 11.9. The Bertz CT molecular complexity index is 1360. The third-order valence-electron chi connectivity index (χ3n) is 5.82. The summed E-state index contributed by atoms with van der Waals surface area (Å²) in [5, 5.41) is 3.35. The van der Waals surface area contributed by atoms with Gasteiger partial charge in [0.1, 0.15) is 16.5 Å². The van der Waals surface area contributed by atoms with Crippen molar-refractivity contribution in [2.75, 3.05) is 38.0 Å². The summed E-state index contributed by atoms with van der Waals surface area (Å²) in [4.78, 5) is 38.6. The summed E-state index contributed by atoms with van der Waals surface area (Å²) in [7, 11) is 0. The van der Waals surface area contributed by atoms with Crippen LogP contribution in [0.3, 0.4) is 0 Å². The van der Waals surface area contributed by atoms with Crippen molar-refractivity contribution in [2.45, 2.75) is 6.54 Å². The first kappa shape index (κ1) is 22.4. The zero-order chi connectivity index (χ0) is 23.5. The van der Waals surface area contributed by atoms with E-state index in [-0.39, 0.29) is 23.8 Å². The van der Waals surface area contributed by atoms with Gasteiger partial charge in [-0.15, -0.1) is 11.3 Å². The topological polar surface area (TPSA) is 81.3 Å². The molecule has 0 atom stereocenters. The summed E-state index contributed by atoms with van der Waals surface area (Å²) in [6, 6.07) is 17.8. The number of benzene rings is 2. The maximum Gasteiger partial charge on any atom is 0.259 e. The van der Waals surface area contributed by atoms with Crippen LogP contribution < -0.4 is 10.9 Å². The van der Waals surface area contributed by atoms with Gasteiger partial charge in [0.15, 0.2) is 0 Å². The van der Waals surface area contributed by atoms with Crippen LogP contribution in [0.4, 0.5) is 10.1 Å². The standard InChI is InChI=1S/C25H24FN5O2S/c26-18-7-4-8-19(13-18)27-23(32)16-31-11-9-30(10-12-31)15-22-28-24(33)20-14-21(34-25(20)29-22)17-5-2-1-3-6-17/h1-8,13-14H,9-12,15-16H2,(H,27,32)(H,28,29,33). The van der Waals surface area contributed by atoms with E-state index >= 15 is 0 Å². The molecule has 2 aromatic heterocycles. The molecule has 1 aliphatic rings. The maximum absolute atomic E-state index is 13.3. The van der Waals surface area contributed by atoms with Crippen LogP contribution in [0, 0.1) is 5.82 Å². The molecule has 9 heteroatoms. The molecule has 174 valence electrons. The van der Waals surface area contributed by atoms with Crippen molar-refractivity contribution in [1.82, 2.24) is 19.8 Å². The molecule has 2 N–H and O–H groups in total. The smallest absolute Gasteiger partial charge is 0.259 e. The van der Waals surface area contributed by atoms with E-state index in [1.54, 1.807) is 12.1 Å². The molecule has 1 fully saturated rings. The Morgan fingerprint density at radius 3 is 2.56 bits per heavy atom. The highest BCUT2D eigenvalue weighted by Crippen LogP contribution is 2.30. The van der Waals surface area contributed by atoms with E-state index in [0.717, 1.165) is 41.5 Å². The number of anilines is 1. The van der Waals surface area contributed by atoms with Crippen molar-refractivity contribution in [2.24, 2.45) is 0 Å². The number of hydrogen-bond donors (Lipinski definition) is 2. The number of H-pyrrole nitrogens is 1. The van der Waals surface area contributed by atoms with E-state index in [1.807, 2.05) is 36.4 Å². The van der Waals surface area contributed by atoms with E-state index in [4.69, 9.17) is 4.98 Å². The fourth-order valence-electron chi connectivity index (χ4n) is 4.08. The first-order valence-electron chi connectivity index (χ1n) is 11.1. The van der Waals surface area contributed by atoms with Crippen molar-refractivity contribution in [3.8, 4) is 10.4 Å². The van der Waals surface area contributed by atoms with Crippen molar-refractivity contribution < 1.29 is 9.18 Å². The van der Waals surface area contributed by atoms with Gasteiger partial charge in [-0.1, -0.05) is 36.4 Å². The molecule has 0 bridgehead atoms. The highest BCUT2D eigenvalue weighted by atomic mass is 32.1. The van der Waals surface area contributed by atoms with Gasteiger partial charge in [-0.3, -0.25) is 19.4 Å². The summed E-state index contributed by atoms with van der Waals surface area (Å²) in [5.74, 6) is 0.105. The Kier molecular flexibility index (Phi) is 6.48. The lowest BCUT2D eigenvalue weighted by molar-refractivity contribution is -0.117. The van der Waals surface area contributed by atoms with Gasteiger partial charge in [-0.2, -0.15) is 0 Å². The number of carbonyl (C=O) groups excluding carboxylic acids is 1. The number of halogens is 1. The molecular formula is C25H24FN5O2S. The van der Waals surface area contributed by atoms with E-state index in [0.29, 0.717) is 23.4 Å². The fourth-order valence-corrected chi connectivity index (χ4v) is 5.14. The number of amides is 1. The Labute approximate surface area is 199 Å². The minimum Gasteiger partial charge on any atom is -0.325 e. The molecule has 0 radical (unpaired) electrons. The number of thiophene rings is 1. The molecule has 3 heterocycles. The van der Waals surface area contributed by atoms with E-state index in [9.17, 15) is 14.0 Å². The lowest BCUT2D eigenvalue weighted by Crippen LogP contribution is -2.48. The number of aromatic amines is 1. The van der Waals surface area contributed by atoms with Gasteiger partial charge in [0.05, 0.1) is 18.5 Å². The van der Waals surface area contributed by atoms with Crippen LogP contribution in [-0.4, -0.2) is 58.4 Å². The highest BCUT2D eigenvalue weighted by molar-refractivity contribution is 7.21. The SMILES string of the molecule is O=C(CN1CCN(Cc2nc3sc(-c4ccccc4)cc3c(=O)[nH]2)CC1)Nc1cccc(F)c1. The minimum absolute atomic E-state index is 0.119. The monoisotopic (exact) mass is 477 g/mol. The predicted molar refractivity (Wildman–Crippen MR) is 132 cm³/mol. The first-order chi connectivity index (χ1) is 16.5. The molecule has 0 spiro atoms. The average Bonchev–Trinajstić information content (AvgIpc) is 3.26. The summed E-state index contributed by atoms with van der Waals surface area (Å²) in [6.07, 6.45) is 0. The quantitative estimate of drug-likeness (QED) is 0.444. The largest absolute Gasteiger partial charge is 0.325 e. The van der Waals surface area contributed by atoms with E-state index in [1.165, 1.54) is 23.5 Å². The Balaban J connectivity index is 1.18. The second-order valence-corrected chi connectivity index (χ2v) is 9.35. The Morgan fingerprint density at radius 2 is 1.79 bits per heavy atom. The highest BCUT2D eigenvalue weighted by Gasteiger charge is 2.20. The van der Waals surface area contributed by atoms with Gasteiger partial charge in [-0.05, 0) is 29.8 Å². The number of piperazine rings is 1. The Morgan fingerprint density at radius 1 is 1.03 bits per heavy atom. The van der Waals surface area contributed by atoms with E-state index < -0.39 is 0 Å². The summed E-state index contributed by atoms with van der Waals surface area (Å²) in [6.45, 7) is 3.76. The molecule has 34 heavy (non-hydrogen) atoms. The number of rotatable bonds is 6. The number of nitrogens with one attached hydrogen (secondary N) is 2. The van der Waals surface area contributed by atoms with Gasteiger partial charge >= 0.3 is 0 Å². The van der Waals surface area contributed by atoms with Gasteiger partial charge in [0.25, 0.3) is 5.56 Å². The van der Waals surface area contributed by atoms with Crippen LogP contribution in [0.5, 0.6) is 0 Å². The van der Waals surface area contributed by atoms with Gasteiger partial charge in [0.2, 0.25) is 5.91 Å². The van der Waals surface area contributed by atoms with Crippen molar-refractivity contribution in [1.29, 1.82) is 0 Å². The second kappa shape index (κ2) is 9.84. The molecular weight excluding hydrogens is 453 g/mol. The van der Waals surface area contributed by atoms with Gasteiger partial charge < -0.3 is 10.3 Å². The number of hydrogen-bond acceptors (Lipinski definition) is 6. The van der Waals surface area contributed by atoms with Crippen LogP contribution in [0.2, 0.25) is 0 Å². The molecule has 1 amide bonds. The van der Waals surface area contributed by atoms with Crippen molar-refractivity contribution >= 4 is 33.1 Å². The second-order valence-electron chi connectivity index (χ2n) is 8.32. The fraction of sp³-hybridized carbons (Fsp3) is 0.240.